The molecular formula is C29H26O2. The van der Waals surface area contributed by atoms with Gasteiger partial charge in [0, 0.05) is 22.3 Å². The Balaban J connectivity index is 0.000000176. The number of carbonyl (C=O) groups is 2. The van der Waals surface area contributed by atoms with Crippen LogP contribution in [-0.2, 0) is 0 Å². The molecule has 0 radical (unpaired) electrons. The highest BCUT2D eigenvalue weighted by Gasteiger charge is 2.12. The lowest BCUT2D eigenvalue weighted by Gasteiger charge is -2.07. The molecule has 2 heteroatoms. The third-order valence-electron chi connectivity index (χ3n) is 5.31. The highest BCUT2D eigenvalue weighted by molar-refractivity contribution is 6.10. The lowest BCUT2D eigenvalue weighted by molar-refractivity contribution is 0.103. The predicted molar refractivity (Wildman–Crippen MR) is 127 cm³/mol. The first-order valence-corrected chi connectivity index (χ1v) is 10.3. The summed E-state index contributed by atoms with van der Waals surface area (Å²) in [5, 5.41) is 0. The predicted octanol–water partition coefficient (Wildman–Crippen LogP) is 6.76. The van der Waals surface area contributed by atoms with Crippen LogP contribution in [0, 0.1) is 20.8 Å². The third kappa shape index (κ3) is 5.43. The Morgan fingerprint density at radius 2 is 0.871 bits per heavy atom. The summed E-state index contributed by atoms with van der Waals surface area (Å²) in [6.07, 6.45) is 0. The van der Waals surface area contributed by atoms with Gasteiger partial charge in [-0.2, -0.15) is 0 Å². The van der Waals surface area contributed by atoms with E-state index in [-0.39, 0.29) is 11.6 Å². The molecule has 154 valence electrons. The van der Waals surface area contributed by atoms with Crippen LogP contribution in [0.4, 0.5) is 0 Å². The van der Waals surface area contributed by atoms with Crippen molar-refractivity contribution in [2.45, 2.75) is 20.8 Å². The van der Waals surface area contributed by atoms with Crippen molar-refractivity contribution in [1.29, 1.82) is 0 Å². The van der Waals surface area contributed by atoms with Gasteiger partial charge in [-0.15, -0.1) is 0 Å². The topological polar surface area (TPSA) is 34.1 Å². The lowest BCUT2D eigenvalue weighted by atomic mass is 9.96. The molecule has 0 aromatic heterocycles. The Labute approximate surface area is 184 Å². The molecule has 0 heterocycles. The highest BCUT2D eigenvalue weighted by atomic mass is 16.1. The number of carbonyl (C=O) groups excluding carboxylic acids is 2. The second-order valence-electron chi connectivity index (χ2n) is 7.45. The molecule has 0 amide bonds. The zero-order valence-corrected chi connectivity index (χ0v) is 18.1. The molecule has 0 aliphatic heterocycles. The minimum Gasteiger partial charge on any atom is -0.289 e. The van der Waals surface area contributed by atoms with Crippen LogP contribution in [0.3, 0.4) is 0 Å². The highest BCUT2D eigenvalue weighted by Crippen LogP contribution is 2.17. The number of benzene rings is 4. The van der Waals surface area contributed by atoms with Crippen LogP contribution in [0.25, 0.3) is 0 Å². The minimum absolute atomic E-state index is 0.0914. The molecule has 31 heavy (non-hydrogen) atoms. The quantitative estimate of drug-likeness (QED) is 0.351. The van der Waals surface area contributed by atoms with Crippen molar-refractivity contribution >= 4 is 11.6 Å². The molecule has 0 atom stereocenters. The normalized spacial score (nSPS) is 10.0. The lowest BCUT2D eigenvalue weighted by Crippen LogP contribution is -2.04. The summed E-state index contributed by atoms with van der Waals surface area (Å²) in [6, 6.07) is 32.2. The summed E-state index contributed by atoms with van der Waals surface area (Å²) in [6.45, 7) is 5.97. The Kier molecular flexibility index (Phi) is 7.29. The molecule has 4 rings (SSSR count). The number of rotatable bonds is 4. The van der Waals surface area contributed by atoms with Gasteiger partial charge in [0.15, 0.2) is 11.6 Å². The van der Waals surface area contributed by atoms with Crippen molar-refractivity contribution in [3.8, 4) is 0 Å². The number of hydrogen-bond acceptors (Lipinski definition) is 2. The second-order valence-corrected chi connectivity index (χ2v) is 7.45. The van der Waals surface area contributed by atoms with Crippen LogP contribution in [0.15, 0.2) is 103 Å². The van der Waals surface area contributed by atoms with Crippen LogP contribution in [0.5, 0.6) is 0 Å². The van der Waals surface area contributed by atoms with E-state index in [4.69, 9.17) is 0 Å². The van der Waals surface area contributed by atoms with Gasteiger partial charge < -0.3 is 0 Å². The minimum atomic E-state index is 0.0914. The van der Waals surface area contributed by atoms with E-state index < -0.39 is 0 Å². The van der Waals surface area contributed by atoms with Gasteiger partial charge in [-0.05, 0) is 37.5 Å². The molecule has 0 N–H and O–H groups in total. The van der Waals surface area contributed by atoms with Gasteiger partial charge in [-0.1, -0.05) is 103 Å². The van der Waals surface area contributed by atoms with Gasteiger partial charge in [0.05, 0.1) is 0 Å². The van der Waals surface area contributed by atoms with E-state index >= 15 is 0 Å². The largest absolute Gasteiger partial charge is 0.289 e. The summed E-state index contributed by atoms with van der Waals surface area (Å²) in [4.78, 5) is 24.3. The molecule has 4 aromatic rings. The Morgan fingerprint density at radius 3 is 1.42 bits per heavy atom. The smallest absolute Gasteiger partial charge is 0.193 e. The molecule has 4 aromatic carbocycles. The zero-order chi connectivity index (χ0) is 22.2. The molecule has 0 aliphatic carbocycles. The molecule has 2 nitrogen and oxygen atoms in total. The average Bonchev–Trinajstić information content (AvgIpc) is 2.82. The first kappa shape index (κ1) is 21.9. The van der Waals surface area contributed by atoms with Gasteiger partial charge >= 0.3 is 0 Å². The fourth-order valence-electron chi connectivity index (χ4n) is 3.31. The average molecular weight is 407 g/mol. The van der Waals surface area contributed by atoms with E-state index in [0.717, 1.165) is 38.9 Å². The van der Waals surface area contributed by atoms with Gasteiger partial charge in [0.25, 0.3) is 0 Å². The molecule has 0 fully saturated rings. The fraction of sp³-hybridized carbons (Fsp3) is 0.103. The van der Waals surface area contributed by atoms with E-state index in [2.05, 4.69) is 0 Å². The van der Waals surface area contributed by atoms with E-state index in [1.807, 2.05) is 124 Å². The van der Waals surface area contributed by atoms with Crippen LogP contribution in [0.2, 0.25) is 0 Å². The van der Waals surface area contributed by atoms with Crippen LogP contribution in [-0.4, -0.2) is 11.6 Å². The Hall–Kier alpha value is -3.78. The van der Waals surface area contributed by atoms with Gasteiger partial charge in [-0.3, -0.25) is 9.59 Å². The molecule has 0 saturated carbocycles. The maximum absolute atomic E-state index is 12.2. The Morgan fingerprint density at radius 1 is 0.452 bits per heavy atom. The standard InChI is InChI=1S/C15H14O.C14H12O/c1-11-7-6-10-14(12(11)2)15(16)13-8-4-3-5-9-13;1-11-7-5-6-10-13(11)14(15)12-8-3-2-4-9-12/h3-10H,1-2H3;2-10H,1H3. The van der Waals surface area contributed by atoms with E-state index in [1.54, 1.807) is 0 Å². The van der Waals surface area contributed by atoms with Gasteiger partial charge in [0.1, 0.15) is 0 Å². The summed E-state index contributed by atoms with van der Waals surface area (Å²) in [5.41, 5.74) is 6.31. The third-order valence-corrected chi connectivity index (χ3v) is 5.31. The SMILES string of the molecule is Cc1cccc(C(=O)c2ccccc2)c1C.Cc1ccccc1C(=O)c1ccccc1. The maximum atomic E-state index is 12.2. The van der Waals surface area contributed by atoms with Gasteiger partial charge in [0.2, 0.25) is 0 Å². The van der Waals surface area contributed by atoms with Crippen molar-refractivity contribution in [1.82, 2.24) is 0 Å². The van der Waals surface area contributed by atoms with Crippen molar-refractivity contribution in [3.05, 3.63) is 142 Å². The van der Waals surface area contributed by atoms with Crippen LogP contribution >= 0.6 is 0 Å². The van der Waals surface area contributed by atoms with Crippen molar-refractivity contribution in [3.63, 3.8) is 0 Å². The molecule has 0 unspecified atom stereocenters. The molecule has 0 aliphatic rings. The van der Waals surface area contributed by atoms with E-state index in [1.165, 1.54) is 0 Å². The monoisotopic (exact) mass is 406 g/mol. The van der Waals surface area contributed by atoms with E-state index in [9.17, 15) is 9.59 Å². The summed E-state index contributed by atoms with van der Waals surface area (Å²) >= 11 is 0. The van der Waals surface area contributed by atoms with Crippen LogP contribution < -0.4 is 0 Å². The number of hydrogen-bond donors (Lipinski definition) is 0. The summed E-state index contributed by atoms with van der Waals surface area (Å²) in [7, 11) is 0. The first-order valence-electron chi connectivity index (χ1n) is 10.3. The molecule has 0 bridgehead atoms. The second kappa shape index (κ2) is 10.3. The van der Waals surface area contributed by atoms with Crippen molar-refractivity contribution in [2.24, 2.45) is 0 Å². The van der Waals surface area contributed by atoms with Gasteiger partial charge in [-0.25, -0.2) is 0 Å². The Bertz CT molecular complexity index is 1180. The number of aryl methyl sites for hydroxylation is 2. The molecule has 0 spiro atoms. The maximum Gasteiger partial charge on any atom is 0.193 e. The fourth-order valence-corrected chi connectivity index (χ4v) is 3.31. The van der Waals surface area contributed by atoms with Crippen molar-refractivity contribution < 1.29 is 9.59 Å². The molecule has 0 saturated heterocycles. The van der Waals surface area contributed by atoms with Crippen molar-refractivity contribution in [2.75, 3.05) is 0 Å². The zero-order valence-electron chi connectivity index (χ0n) is 18.1. The molecular weight excluding hydrogens is 380 g/mol. The number of ketones is 2. The van der Waals surface area contributed by atoms with E-state index in [0.29, 0.717) is 0 Å². The summed E-state index contributed by atoms with van der Waals surface area (Å²) < 4.78 is 0. The summed E-state index contributed by atoms with van der Waals surface area (Å²) in [5.74, 6) is 0.190. The first-order chi connectivity index (χ1) is 15.0. The van der Waals surface area contributed by atoms with Crippen LogP contribution in [0.1, 0.15) is 48.5 Å².